The lowest BCUT2D eigenvalue weighted by molar-refractivity contribution is -0.154. The topological polar surface area (TPSA) is 93.7 Å². The summed E-state index contributed by atoms with van der Waals surface area (Å²) in [5, 5.41) is 5.40. The third-order valence-corrected chi connectivity index (χ3v) is 4.15. The molecule has 0 fully saturated rings. The first-order valence-electron chi connectivity index (χ1n) is 8.52. The van der Waals surface area contributed by atoms with E-state index in [1.807, 2.05) is 0 Å². The average molecular weight is 405 g/mol. The minimum absolute atomic E-state index is 0.243. The molecule has 2 atom stereocenters. The number of halogens is 1. The number of rotatable bonds is 7. The lowest BCUT2D eigenvalue weighted by atomic mass is 10.2. The van der Waals surface area contributed by atoms with Gasteiger partial charge in [0.1, 0.15) is 11.8 Å². The van der Waals surface area contributed by atoms with Crippen molar-refractivity contribution in [3.05, 3.63) is 59.1 Å². The molecule has 0 aromatic heterocycles. The SMILES string of the molecule is COc1cccc(NC(=O)[C@@H](C)OC(=O)[C@@H](C)NC(=O)c2ccccc2Cl)c1. The van der Waals surface area contributed by atoms with Crippen LogP contribution in [0.15, 0.2) is 48.5 Å². The van der Waals surface area contributed by atoms with Gasteiger partial charge in [0.05, 0.1) is 17.7 Å². The predicted octanol–water partition coefficient (Wildman–Crippen LogP) is 3.04. The summed E-state index contributed by atoms with van der Waals surface area (Å²) in [7, 11) is 1.52. The molecule has 0 radical (unpaired) electrons. The lowest BCUT2D eigenvalue weighted by Crippen LogP contribution is -2.42. The van der Waals surface area contributed by atoms with Crippen molar-refractivity contribution in [1.82, 2.24) is 5.32 Å². The van der Waals surface area contributed by atoms with Gasteiger partial charge in [-0.1, -0.05) is 29.8 Å². The normalized spacial score (nSPS) is 12.4. The number of amides is 2. The lowest BCUT2D eigenvalue weighted by Gasteiger charge is -2.18. The Balaban J connectivity index is 1.90. The number of hydrogen-bond acceptors (Lipinski definition) is 5. The molecule has 0 unspecified atom stereocenters. The number of nitrogens with one attached hydrogen (secondary N) is 2. The Hall–Kier alpha value is -3.06. The summed E-state index contributed by atoms with van der Waals surface area (Å²) in [4.78, 5) is 36.6. The summed E-state index contributed by atoms with van der Waals surface area (Å²) in [6.07, 6.45) is -1.06. The van der Waals surface area contributed by atoms with Crippen LogP contribution in [0.5, 0.6) is 5.75 Å². The fourth-order valence-corrected chi connectivity index (χ4v) is 2.47. The van der Waals surface area contributed by atoms with Gasteiger partial charge in [0.25, 0.3) is 11.8 Å². The van der Waals surface area contributed by atoms with E-state index < -0.39 is 29.9 Å². The highest BCUT2D eigenvalue weighted by Gasteiger charge is 2.24. The summed E-state index contributed by atoms with van der Waals surface area (Å²) >= 11 is 5.97. The highest BCUT2D eigenvalue weighted by molar-refractivity contribution is 6.33. The maximum Gasteiger partial charge on any atom is 0.329 e. The van der Waals surface area contributed by atoms with Crippen molar-refractivity contribution in [3.8, 4) is 5.75 Å². The second-order valence-corrected chi connectivity index (χ2v) is 6.38. The van der Waals surface area contributed by atoms with Gasteiger partial charge in [-0.3, -0.25) is 9.59 Å². The Morgan fingerprint density at radius 3 is 2.43 bits per heavy atom. The van der Waals surface area contributed by atoms with Crippen LogP contribution in [0.2, 0.25) is 5.02 Å². The number of hydrogen-bond donors (Lipinski definition) is 2. The first-order chi connectivity index (χ1) is 13.3. The quantitative estimate of drug-likeness (QED) is 0.692. The van der Waals surface area contributed by atoms with Gasteiger partial charge in [0, 0.05) is 11.8 Å². The molecule has 0 aliphatic heterocycles. The van der Waals surface area contributed by atoms with E-state index in [0.29, 0.717) is 11.4 Å². The minimum atomic E-state index is -1.06. The molecule has 28 heavy (non-hydrogen) atoms. The van der Waals surface area contributed by atoms with Crippen LogP contribution in [0.3, 0.4) is 0 Å². The highest BCUT2D eigenvalue weighted by atomic mass is 35.5. The van der Waals surface area contributed by atoms with E-state index in [0.717, 1.165) is 0 Å². The second-order valence-electron chi connectivity index (χ2n) is 5.98. The average Bonchev–Trinajstić information content (AvgIpc) is 2.68. The van der Waals surface area contributed by atoms with Crippen LogP contribution < -0.4 is 15.4 Å². The van der Waals surface area contributed by atoms with Crippen molar-refractivity contribution in [2.24, 2.45) is 0 Å². The number of esters is 1. The van der Waals surface area contributed by atoms with E-state index in [1.165, 1.54) is 21.0 Å². The van der Waals surface area contributed by atoms with Gasteiger partial charge in [-0.05, 0) is 38.1 Å². The van der Waals surface area contributed by atoms with Crippen molar-refractivity contribution in [3.63, 3.8) is 0 Å². The van der Waals surface area contributed by atoms with E-state index in [1.54, 1.807) is 48.5 Å². The zero-order valence-electron chi connectivity index (χ0n) is 15.7. The highest BCUT2D eigenvalue weighted by Crippen LogP contribution is 2.17. The molecule has 7 nitrogen and oxygen atoms in total. The van der Waals surface area contributed by atoms with Gasteiger partial charge in [-0.25, -0.2) is 4.79 Å². The summed E-state index contributed by atoms with van der Waals surface area (Å²) in [5.74, 6) is -1.18. The number of ether oxygens (including phenoxy) is 2. The molecule has 2 rings (SSSR count). The van der Waals surface area contributed by atoms with Crippen LogP contribution in [0.25, 0.3) is 0 Å². The van der Waals surface area contributed by atoms with Crippen molar-refractivity contribution in [2.75, 3.05) is 12.4 Å². The van der Waals surface area contributed by atoms with E-state index in [-0.39, 0.29) is 10.6 Å². The van der Waals surface area contributed by atoms with Crippen LogP contribution >= 0.6 is 11.6 Å². The number of methoxy groups -OCH3 is 1. The largest absolute Gasteiger partial charge is 0.497 e. The van der Waals surface area contributed by atoms with E-state index >= 15 is 0 Å². The number of anilines is 1. The molecule has 8 heteroatoms. The van der Waals surface area contributed by atoms with E-state index in [9.17, 15) is 14.4 Å². The molecule has 0 heterocycles. The summed E-state index contributed by atoms with van der Waals surface area (Å²) in [5.41, 5.74) is 0.750. The molecular weight excluding hydrogens is 384 g/mol. The number of carbonyl (C=O) groups excluding carboxylic acids is 3. The Morgan fingerprint density at radius 2 is 1.75 bits per heavy atom. The molecule has 0 saturated heterocycles. The maximum absolute atomic E-state index is 12.2. The summed E-state index contributed by atoms with van der Waals surface area (Å²) in [6.45, 7) is 2.90. The van der Waals surface area contributed by atoms with E-state index in [4.69, 9.17) is 21.1 Å². The molecule has 0 aliphatic carbocycles. The smallest absolute Gasteiger partial charge is 0.329 e. The molecule has 0 aliphatic rings. The molecule has 2 aromatic carbocycles. The Kier molecular flexibility index (Phi) is 7.40. The van der Waals surface area contributed by atoms with Gasteiger partial charge < -0.3 is 20.1 Å². The van der Waals surface area contributed by atoms with Crippen molar-refractivity contribution < 1.29 is 23.9 Å². The second kappa shape index (κ2) is 9.75. The molecule has 2 N–H and O–H groups in total. The van der Waals surface area contributed by atoms with Crippen LogP contribution in [0.1, 0.15) is 24.2 Å². The van der Waals surface area contributed by atoms with Crippen molar-refractivity contribution >= 4 is 35.1 Å². The molecule has 148 valence electrons. The standard InChI is InChI=1S/C20H21ClN2O5/c1-12(22-19(25)16-9-4-5-10-17(16)21)20(26)28-13(2)18(24)23-14-7-6-8-15(11-14)27-3/h4-13H,1-3H3,(H,22,25)(H,23,24)/t12-,13-/m1/s1. The number of carbonyl (C=O) groups is 3. The molecule has 0 spiro atoms. The molecule has 0 bridgehead atoms. The van der Waals surface area contributed by atoms with Gasteiger partial charge in [-0.2, -0.15) is 0 Å². The zero-order valence-corrected chi connectivity index (χ0v) is 16.4. The van der Waals surface area contributed by atoms with Gasteiger partial charge in [0.15, 0.2) is 6.10 Å². The molecule has 2 aromatic rings. The van der Waals surface area contributed by atoms with Crippen LogP contribution in [0.4, 0.5) is 5.69 Å². The number of benzene rings is 2. The van der Waals surface area contributed by atoms with E-state index in [2.05, 4.69) is 10.6 Å². The van der Waals surface area contributed by atoms with Crippen molar-refractivity contribution in [1.29, 1.82) is 0 Å². The molecular formula is C20H21ClN2O5. The fraction of sp³-hybridized carbons (Fsp3) is 0.250. The predicted molar refractivity (Wildman–Crippen MR) is 106 cm³/mol. The fourth-order valence-electron chi connectivity index (χ4n) is 2.25. The van der Waals surface area contributed by atoms with Gasteiger partial charge in [0.2, 0.25) is 0 Å². The van der Waals surface area contributed by atoms with Crippen LogP contribution in [0, 0.1) is 0 Å². The third kappa shape index (κ3) is 5.72. The first kappa shape index (κ1) is 21.2. The summed E-state index contributed by atoms with van der Waals surface area (Å²) < 4.78 is 10.2. The summed E-state index contributed by atoms with van der Waals surface area (Å²) in [6, 6.07) is 12.3. The minimum Gasteiger partial charge on any atom is -0.497 e. The van der Waals surface area contributed by atoms with Gasteiger partial charge in [-0.15, -0.1) is 0 Å². The molecule has 2 amide bonds. The Bertz CT molecular complexity index is 871. The van der Waals surface area contributed by atoms with Crippen LogP contribution in [-0.2, 0) is 14.3 Å². The maximum atomic E-state index is 12.2. The first-order valence-corrected chi connectivity index (χ1v) is 8.90. The third-order valence-electron chi connectivity index (χ3n) is 3.82. The Labute approximate surface area is 168 Å². The molecule has 0 saturated carbocycles. The monoisotopic (exact) mass is 404 g/mol. The zero-order chi connectivity index (χ0) is 20.7. The Morgan fingerprint density at radius 1 is 1.04 bits per heavy atom. The van der Waals surface area contributed by atoms with Crippen molar-refractivity contribution in [2.45, 2.75) is 26.0 Å². The van der Waals surface area contributed by atoms with Crippen LogP contribution in [-0.4, -0.2) is 37.0 Å². The van der Waals surface area contributed by atoms with Gasteiger partial charge >= 0.3 is 5.97 Å².